The van der Waals surface area contributed by atoms with Gasteiger partial charge in [-0.25, -0.2) is 0 Å². The fourth-order valence-electron chi connectivity index (χ4n) is 2.14. The minimum absolute atomic E-state index is 0.966. The average molecular weight is 213 g/mol. The van der Waals surface area contributed by atoms with Crippen molar-refractivity contribution < 1.29 is 0 Å². The van der Waals surface area contributed by atoms with Gasteiger partial charge in [0.05, 0.1) is 0 Å². The lowest BCUT2D eigenvalue weighted by atomic mass is 9.94. The van der Waals surface area contributed by atoms with Crippen LogP contribution in [0.25, 0.3) is 0 Å². The van der Waals surface area contributed by atoms with Gasteiger partial charge in [0.15, 0.2) is 0 Å². The lowest BCUT2D eigenvalue weighted by molar-refractivity contribution is 0.212. The highest BCUT2D eigenvalue weighted by Crippen LogP contribution is 2.18. The minimum Gasteiger partial charge on any atom is -0.316 e. The van der Waals surface area contributed by atoms with Crippen LogP contribution >= 0.6 is 0 Å². The quantitative estimate of drug-likeness (QED) is 0.616. The second kappa shape index (κ2) is 8.08. The number of likely N-dealkylation sites (tertiary alicyclic amines) is 1. The van der Waals surface area contributed by atoms with E-state index in [4.69, 9.17) is 0 Å². The molecule has 1 fully saturated rings. The third-order valence-corrected chi connectivity index (χ3v) is 3.30. The molecule has 15 heavy (non-hydrogen) atoms. The van der Waals surface area contributed by atoms with E-state index < -0.39 is 0 Å². The molecule has 0 aromatic rings. The minimum atomic E-state index is 0.966. The Morgan fingerprint density at radius 1 is 1.07 bits per heavy atom. The van der Waals surface area contributed by atoms with E-state index >= 15 is 0 Å². The molecule has 3 heteroatoms. The first-order valence-electron chi connectivity index (χ1n) is 6.43. The van der Waals surface area contributed by atoms with E-state index in [0.29, 0.717) is 0 Å². The molecule has 1 saturated heterocycles. The molecule has 90 valence electrons. The highest BCUT2D eigenvalue weighted by atomic mass is 15.1. The van der Waals surface area contributed by atoms with E-state index in [1.165, 1.54) is 38.9 Å². The van der Waals surface area contributed by atoms with Gasteiger partial charge < -0.3 is 15.5 Å². The lowest BCUT2D eigenvalue weighted by Gasteiger charge is -2.28. The Balaban J connectivity index is 1.87. The highest BCUT2D eigenvalue weighted by molar-refractivity contribution is 4.70. The van der Waals surface area contributed by atoms with Crippen LogP contribution in [0.2, 0.25) is 0 Å². The maximum absolute atomic E-state index is 3.50. The lowest BCUT2D eigenvalue weighted by Crippen LogP contribution is -2.33. The van der Waals surface area contributed by atoms with Gasteiger partial charge in [-0.3, -0.25) is 0 Å². The summed E-state index contributed by atoms with van der Waals surface area (Å²) in [4.78, 5) is 2.44. The van der Waals surface area contributed by atoms with Crippen molar-refractivity contribution in [2.24, 2.45) is 5.92 Å². The van der Waals surface area contributed by atoms with Crippen molar-refractivity contribution in [2.45, 2.75) is 26.2 Å². The van der Waals surface area contributed by atoms with E-state index in [2.05, 4.69) is 29.5 Å². The van der Waals surface area contributed by atoms with Crippen molar-refractivity contribution in [3.8, 4) is 0 Å². The molecule has 0 unspecified atom stereocenters. The molecule has 0 aliphatic carbocycles. The molecule has 3 nitrogen and oxygen atoms in total. The van der Waals surface area contributed by atoms with Gasteiger partial charge in [-0.1, -0.05) is 6.92 Å². The van der Waals surface area contributed by atoms with Crippen LogP contribution < -0.4 is 10.6 Å². The van der Waals surface area contributed by atoms with Crippen molar-refractivity contribution in [1.29, 1.82) is 0 Å². The first-order valence-corrected chi connectivity index (χ1v) is 6.43. The third kappa shape index (κ3) is 6.13. The first kappa shape index (κ1) is 12.9. The molecule has 2 N–H and O–H groups in total. The molecule has 1 aliphatic heterocycles. The van der Waals surface area contributed by atoms with Gasteiger partial charge in [-0.15, -0.1) is 0 Å². The zero-order valence-corrected chi connectivity index (χ0v) is 10.4. The molecule has 1 aliphatic rings. The number of hydrogen-bond donors (Lipinski definition) is 2. The fourth-order valence-corrected chi connectivity index (χ4v) is 2.14. The van der Waals surface area contributed by atoms with Crippen LogP contribution in [0.15, 0.2) is 0 Å². The molecule has 0 aromatic heterocycles. The predicted octanol–water partition coefficient (Wildman–Crippen LogP) is 0.917. The van der Waals surface area contributed by atoms with Gasteiger partial charge >= 0.3 is 0 Å². The number of likely N-dealkylation sites (N-methyl/N-ethyl adjacent to an activating group) is 1. The van der Waals surface area contributed by atoms with Crippen molar-refractivity contribution in [3.63, 3.8) is 0 Å². The maximum Gasteiger partial charge on any atom is 0.00767 e. The third-order valence-electron chi connectivity index (χ3n) is 3.30. The topological polar surface area (TPSA) is 27.3 Å². The summed E-state index contributed by atoms with van der Waals surface area (Å²) in [6, 6.07) is 0. The Morgan fingerprint density at radius 3 is 2.40 bits per heavy atom. The van der Waals surface area contributed by atoms with E-state index in [1.54, 1.807) is 0 Å². The zero-order valence-electron chi connectivity index (χ0n) is 10.4. The van der Waals surface area contributed by atoms with Crippen LogP contribution in [-0.2, 0) is 0 Å². The monoisotopic (exact) mass is 213 g/mol. The zero-order chi connectivity index (χ0) is 10.9. The number of nitrogens with one attached hydrogen (secondary N) is 2. The van der Waals surface area contributed by atoms with Gasteiger partial charge in [0.25, 0.3) is 0 Å². The van der Waals surface area contributed by atoms with Crippen molar-refractivity contribution in [2.75, 3.05) is 46.3 Å². The molecule has 0 aromatic carbocycles. The smallest absolute Gasteiger partial charge is 0.00767 e. The molecule has 0 bridgehead atoms. The summed E-state index contributed by atoms with van der Waals surface area (Å²) in [6.45, 7) is 9.23. The number of piperidine rings is 1. The number of nitrogens with zero attached hydrogens (tertiary/aromatic N) is 1. The molecule has 0 amide bonds. The molecule has 0 spiro atoms. The SMILES string of the molecule is CCNCCNCCC1CCN(C)CC1. The number of hydrogen-bond acceptors (Lipinski definition) is 3. The summed E-state index contributed by atoms with van der Waals surface area (Å²) in [5.74, 6) is 0.966. The Labute approximate surface area is 94.6 Å². The van der Waals surface area contributed by atoms with Crippen LogP contribution in [0.3, 0.4) is 0 Å². The Morgan fingerprint density at radius 2 is 1.73 bits per heavy atom. The van der Waals surface area contributed by atoms with Crippen LogP contribution in [0.4, 0.5) is 0 Å². The molecule has 0 saturated carbocycles. The van der Waals surface area contributed by atoms with Crippen molar-refractivity contribution in [3.05, 3.63) is 0 Å². The van der Waals surface area contributed by atoms with Gasteiger partial charge in [-0.05, 0) is 58.4 Å². The van der Waals surface area contributed by atoms with E-state index in [0.717, 1.165) is 25.6 Å². The average Bonchev–Trinajstić information content (AvgIpc) is 2.26. The predicted molar refractivity (Wildman–Crippen MR) is 66.3 cm³/mol. The molecule has 1 heterocycles. The highest BCUT2D eigenvalue weighted by Gasteiger charge is 2.15. The standard InChI is InChI=1S/C12H27N3/c1-3-13-8-9-14-7-4-12-5-10-15(2)11-6-12/h12-14H,3-11H2,1-2H3. The summed E-state index contributed by atoms with van der Waals surface area (Å²) in [7, 11) is 2.23. The second-order valence-electron chi connectivity index (χ2n) is 4.64. The van der Waals surface area contributed by atoms with E-state index in [9.17, 15) is 0 Å². The van der Waals surface area contributed by atoms with E-state index in [1.807, 2.05) is 0 Å². The van der Waals surface area contributed by atoms with Crippen molar-refractivity contribution in [1.82, 2.24) is 15.5 Å². The molecule has 0 radical (unpaired) electrons. The van der Waals surface area contributed by atoms with Crippen LogP contribution in [0, 0.1) is 5.92 Å². The Kier molecular flexibility index (Phi) is 6.98. The molecular formula is C12H27N3. The molecule has 1 rings (SSSR count). The van der Waals surface area contributed by atoms with Gasteiger partial charge in [0.2, 0.25) is 0 Å². The van der Waals surface area contributed by atoms with Crippen LogP contribution in [0.5, 0.6) is 0 Å². The molecule has 0 atom stereocenters. The molecular weight excluding hydrogens is 186 g/mol. The largest absolute Gasteiger partial charge is 0.316 e. The van der Waals surface area contributed by atoms with E-state index in [-0.39, 0.29) is 0 Å². The summed E-state index contributed by atoms with van der Waals surface area (Å²) < 4.78 is 0. The first-order chi connectivity index (χ1) is 7.33. The Bertz CT molecular complexity index is 142. The second-order valence-corrected chi connectivity index (χ2v) is 4.64. The van der Waals surface area contributed by atoms with Gasteiger partial charge in [0, 0.05) is 13.1 Å². The summed E-state index contributed by atoms with van der Waals surface area (Å²) in [5.41, 5.74) is 0. The Hall–Kier alpha value is -0.120. The van der Waals surface area contributed by atoms with Gasteiger partial charge in [0.1, 0.15) is 0 Å². The normalized spacial score (nSPS) is 19.6. The van der Waals surface area contributed by atoms with Gasteiger partial charge in [-0.2, -0.15) is 0 Å². The fraction of sp³-hybridized carbons (Fsp3) is 1.00. The maximum atomic E-state index is 3.50. The summed E-state index contributed by atoms with van der Waals surface area (Å²) >= 11 is 0. The van der Waals surface area contributed by atoms with Crippen LogP contribution in [0.1, 0.15) is 26.2 Å². The van der Waals surface area contributed by atoms with Crippen LogP contribution in [-0.4, -0.2) is 51.2 Å². The summed E-state index contributed by atoms with van der Waals surface area (Å²) in [6.07, 6.45) is 4.15. The van der Waals surface area contributed by atoms with Crippen molar-refractivity contribution >= 4 is 0 Å². The summed E-state index contributed by atoms with van der Waals surface area (Å²) in [5, 5.41) is 6.83. The number of rotatable bonds is 7.